The monoisotopic (exact) mass is 262 g/mol. The number of hydrogen-bond donors (Lipinski definition) is 0. The fourth-order valence-electron chi connectivity index (χ4n) is 2.10. The van der Waals surface area contributed by atoms with E-state index in [1.807, 2.05) is 25.1 Å². The number of esters is 1. The molecule has 0 aliphatic heterocycles. The first-order valence-electron chi connectivity index (χ1n) is 6.60. The number of benzene rings is 1. The van der Waals surface area contributed by atoms with E-state index in [1.165, 1.54) is 5.56 Å². The van der Waals surface area contributed by atoms with E-state index in [0.717, 1.165) is 13.0 Å². The standard InChI is InChI=1S/C16H24NO2/c1-6-15(19-16(18)13(2)3)17(4,5)12-14-10-8-7-9-11-14/h7-11,15H,2,6,12H2,1,3-5H3/q+1. The summed E-state index contributed by atoms with van der Waals surface area (Å²) >= 11 is 0. The molecule has 1 aromatic carbocycles. The van der Waals surface area contributed by atoms with Crippen molar-refractivity contribution in [3.63, 3.8) is 0 Å². The first-order valence-corrected chi connectivity index (χ1v) is 6.60. The number of quaternary nitrogens is 1. The van der Waals surface area contributed by atoms with E-state index in [-0.39, 0.29) is 12.2 Å². The van der Waals surface area contributed by atoms with Crippen molar-refractivity contribution in [2.75, 3.05) is 14.1 Å². The molecule has 104 valence electrons. The number of carbonyl (C=O) groups excluding carboxylic acids is 1. The van der Waals surface area contributed by atoms with Gasteiger partial charge in [-0.15, -0.1) is 0 Å². The second-order valence-corrected chi connectivity index (χ2v) is 5.47. The maximum atomic E-state index is 11.7. The molecule has 3 nitrogen and oxygen atoms in total. The summed E-state index contributed by atoms with van der Waals surface area (Å²) in [5, 5.41) is 0. The number of rotatable bonds is 6. The quantitative estimate of drug-likeness (QED) is 0.341. The Labute approximate surface area is 116 Å². The normalized spacial score (nSPS) is 12.8. The van der Waals surface area contributed by atoms with Gasteiger partial charge in [0.2, 0.25) is 6.23 Å². The van der Waals surface area contributed by atoms with E-state index in [4.69, 9.17) is 4.74 Å². The van der Waals surface area contributed by atoms with Crippen LogP contribution in [0.1, 0.15) is 25.8 Å². The Hall–Kier alpha value is -1.61. The molecule has 19 heavy (non-hydrogen) atoms. The Kier molecular flexibility index (Phi) is 5.31. The van der Waals surface area contributed by atoms with E-state index in [0.29, 0.717) is 10.1 Å². The van der Waals surface area contributed by atoms with Crippen molar-refractivity contribution < 1.29 is 14.0 Å². The molecule has 0 heterocycles. The van der Waals surface area contributed by atoms with Crippen molar-refractivity contribution in [3.05, 3.63) is 48.0 Å². The van der Waals surface area contributed by atoms with Gasteiger partial charge in [0.25, 0.3) is 0 Å². The zero-order valence-corrected chi connectivity index (χ0v) is 12.3. The number of nitrogens with zero attached hydrogens (tertiary/aromatic N) is 1. The van der Waals surface area contributed by atoms with Crippen molar-refractivity contribution in [1.82, 2.24) is 0 Å². The lowest BCUT2D eigenvalue weighted by atomic mass is 10.2. The van der Waals surface area contributed by atoms with Gasteiger partial charge in [0.05, 0.1) is 14.1 Å². The predicted molar refractivity (Wildman–Crippen MR) is 77.2 cm³/mol. The molecule has 0 aromatic heterocycles. The van der Waals surface area contributed by atoms with Crippen molar-refractivity contribution in [2.24, 2.45) is 0 Å². The van der Waals surface area contributed by atoms with Crippen LogP contribution in [-0.4, -0.2) is 30.8 Å². The summed E-state index contributed by atoms with van der Waals surface area (Å²) in [4.78, 5) is 11.7. The highest BCUT2D eigenvalue weighted by molar-refractivity contribution is 5.86. The van der Waals surface area contributed by atoms with Crippen molar-refractivity contribution >= 4 is 5.97 Å². The minimum Gasteiger partial charge on any atom is -0.409 e. The Morgan fingerprint density at radius 2 is 1.89 bits per heavy atom. The molecule has 0 aliphatic rings. The molecule has 1 rings (SSSR count). The van der Waals surface area contributed by atoms with Crippen LogP contribution in [0.2, 0.25) is 0 Å². The topological polar surface area (TPSA) is 26.3 Å². The number of hydrogen-bond acceptors (Lipinski definition) is 2. The molecule has 3 heteroatoms. The Morgan fingerprint density at radius 3 is 2.37 bits per heavy atom. The average molecular weight is 262 g/mol. The molecule has 0 radical (unpaired) electrons. The summed E-state index contributed by atoms with van der Waals surface area (Å²) in [5.41, 5.74) is 1.68. The second-order valence-electron chi connectivity index (χ2n) is 5.47. The SMILES string of the molecule is C=C(C)C(=O)OC(CC)[N+](C)(C)Cc1ccccc1. The third kappa shape index (κ3) is 4.52. The lowest BCUT2D eigenvalue weighted by molar-refractivity contribution is -0.947. The molecule has 0 aliphatic carbocycles. The Bertz CT molecular complexity index is 437. The minimum atomic E-state index is -0.314. The summed E-state index contributed by atoms with van der Waals surface area (Å²) in [7, 11) is 4.15. The van der Waals surface area contributed by atoms with Crippen molar-refractivity contribution in [2.45, 2.75) is 33.0 Å². The Balaban J connectivity index is 2.78. The predicted octanol–water partition coefficient (Wildman–Crippen LogP) is 3.12. The third-order valence-corrected chi connectivity index (χ3v) is 3.15. The zero-order valence-electron chi connectivity index (χ0n) is 12.3. The van der Waals surface area contributed by atoms with Crippen LogP contribution in [0.15, 0.2) is 42.5 Å². The van der Waals surface area contributed by atoms with Crippen LogP contribution in [0.5, 0.6) is 0 Å². The molecule has 1 unspecified atom stereocenters. The fraction of sp³-hybridized carbons (Fsp3) is 0.438. The summed E-state index contributed by atoms with van der Waals surface area (Å²) in [6.45, 7) is 8.15. The van der Waals surface area contributed by atoms with Crippen LogP contribution in [0, 0.1) is 0 Å². The van der Waals surface area contributed by atoms with Gasteiger partial charge in [0.1, 0.15) is 6.54 Å². The van der Waals surface area contributed by atoms with Crippen LogP contribution in [0.3, 0.4) is 0 Å². The number of ether oxygens (including phenoxy) is 1. The number of carbonyl (C=O) groups is 1. The molecule has 0 spiro atoms. The lowest BCUT2D eigenvalue weighted by Crippen LogP contribution is -2.50. The van der Waals surface area contributed by atoms with Gasteiger partial charge in [-0.2, -0.15) is 0 Å². The third-order valence-electron chi connectivity index (χ3n) is 3.15. The highest BCUT2D eigenvalue weighted by Crippen LogP contribution is 2.18. The van der Waals surface area contributed by atoms with Crippen LogP contribution in [0.25, 0.3) is 0 Å². The zero-order chi connectivity index (χ0) is 14.5. The van der Waals surface area contributed by atoms with Gasteiger partial charge >= 0.3 is 5.97 Å². The molecular formula is C16H24NO2+. The summed E-state index contributed by atoms with van der Waals surface area (Å²) in [6, 6.07) is 10.2. The Morgan fingerprint density at radius 1 is 1.32 bits per heavy atom. The first kappa shape index (κ1) is 15.4. The molecule has 0 saturated heterocycles. The molecule has 0 saturated carbocycles. The van der Waals surface area contributed by atoms with Gasteiger partial charge in [0.15, 0.2) is 0 Å². The largest absolute Gasteiger partial charge is 0.409 e. The van der Waals surface area contributed by atoms with Gasteiger partial charge in [-0.05, 0) is 6.92 Å². The van der Waals surface area contributed by atoms with Crippen molar-refractivity contribution in [3.8, 4) is 0 Å². The minimum absolute atomic E-state index is 0.163. The van der Waals surface area contributed by atoms with Gasteiger partial charge in [0, 0.05) is 17.6 Å². The smallest absolute Gasteiger partial charge is 0.337 e. The molecule has 0 amide bonds. The van der Waals surface area contributed by atoms with Crippen LogP contribution in [0.4, 0.5) is 0 Å². The highest BCUT2D eigenvalue weighted by Gasteiger charge is 2.30. The van der Waals surface area contributed by atoms with Gasteiger partial charge < -0.3 is 4.74 Å². The summed E-state index contributed by atoms with van der Waals surface area (Å²) < 4.78 is 6.14. The van der Waals surface area contributed by atoms with Crippen molar-refractivity contribution in [1.29, 1.82) is 0 Å². The van der Waals surface area contributed by atoms with Gasteiger partial charge in [-0.1, -0.05) is 43.8 Å². The second kappa shape index (κ2) is 6.53. The fourth-order valence-corrected chi connectivity index (χ4v) is 2.10. The van der Waals surface area contributed by atoms with E-state index in [9.17, 15) is 4.79 Å². The first-order chi connectivity index (χ1) is 8.86. The molecule has 1 aromatic rings. The van der Waals surface area contributed by atoms with Crippen LogP contribution < -0.4 is 0 Å². The summed E-state index contributed by atoms with van der Waals surface area (Å²) in [6.07, 6.45) is 0.614. The van der Waals surface area contributed by atoms with Crippen LogP contribution in [-0.2, 0) is 16.1 Å². The summed E-state index contributed by atoms with van der Waals surface area (Å²) in [5.74, 6) is -0.314. The molecular weight excluding hydrogens is 238 g/mol. The van der Waals surface area contributed by atoms with E-state index < -0.39 is 0 Å². The van der Waals surface area contributed by atoms with E-state index >= 15 is 0 Å². The van der Waals surface area contributed by atoms with Gasteiger partial charge in [-0.25, -0.2) is 4.79 Å². The molecule has 0 N–H and O–H groups in total. The molecule has 1 atom stereocenters. The van der Waals surface area contributed by atoms with Gasteiger partial charge in [-0.3, -0.25) is 4.48 Å². The molecule has 0 bridgehead atoms. The average Bonchev–Trinajstić information content (AvgIpc) is 2.35. The maximum Gasteiger partial charge on any atom is 0.337 e. The molecule has 0 fully saturated rings. The van der Waals surface area contributed by atoms with Crippen LogP contribution >= 0.6 is 0 Å². The van der Waals surface area contributed by atoms with E-state index in [2.05, 4.69) is 32.8 Å². The lowest BCUT2D eigenvalue weighted by Gasteiger charge is -2.36. The van der Waals surface area contributed by atoms with E-state index in [1.54, 1.807) is 6.92 Å². The maximum absolute atomic E-state index is 11.7. The highest BCUT2D eigenvalue weighted by atomic mass is 16.6.